The molecule has 1 unspecified atom stereocenters. The number of nitrogens with one attached hydrogen (secondary N) is 1. The summed E-state index contributed by atoms with van der Waals surface area (Å²) in [5.74, 6) is 2.24. The Morgan fingerprint density at radius 2 is 2.10 bits per heavy atom. The van der Waals surface area contributed by atoms with Crippen molar-refractivity contribution in [3.05, 3.63) is 41.5 Å². The van der Waals surface area contributed by atoms with Crippen LogP contribution in [0, 0.1) is 0 Å². The Balaban J connectivity index is 2.01. The van der Waals surface area contributed by atoms with Crippen molar-refractivity contribution in [2.45, 2.75) is 45.8 Å². The topological polar surface area (TPSA) is 60.2 Å². The summed E-state index contributed by atoms with van der Waals surface area (Å²) in [6.45, 7) is 6.11. The van der Waals surface area contributed by atoms with Crippen molar-refractivity contribution in [3.8, 4) is 5.75 Å². The second-order valence-electron chi connectivity index (χ2n) is 5.49. The van der Waals surface area contributed by atoms with Gasteiger partial charge in [-0.15, -0.1) is 0 Å². The fraction of sp³-hybridized carbons (Fsp3) is 0.500. The molecule has 0 amide bonds. The van der Waals surface area contributed by atoms with E-state index in [0.29, 0.717) is 18.4 Å². The van der Waals surface area contributed by atoms with Crippen LogP contribution in [-0.2, 0) is 12.8 Å². The van der Waals surface area contributed by atoms with Gasteiger partial charge < -0.3 is 14.6 Å². The van der Waals surface area contributed by atoms with E-state index >= 15 is 0 Å². The first kappa shape index (κ1) is 15.5. The third-order valence-corrected chi connectivity index (χ3v) is 3.12. The van der Waals surface area contributed by atoms with Crippen molar-refractivity contribution < 1.29 is 9.26 Å². The molecule has 0 aliphatic carbocycles. The summed E-state index contributed by atoms with van der Waals surface area (Å²) in [4.78, 5) is 4.43. The van der Waals surface area contributed by atoms with Crippen LogP contribution in [-0.4, -0.2) is 29.3 Å². The number of nitrogens with zero attached hydrogens (tertiary/aromatic N) is 2. The van der Waals surface area contributed by atoms with Crippen molar-refractivity contribution in [2.75, 3.05) is 7.05 Å². The molecular weight excluding hydrogens is 266 g/mol. The van der Waals surface area contributed by atoms with Gasteiger partial charge in [0.1, 0.15) is 5.75 Å². The molecule has 0 aliphatic heterocycles. The Hall–Kier alpha value is -1.88. The highest BCUT2D eigenvalue weighted by atomic mass is 16.5. The Morgan fingerprint density at radius 3 is 2.81 bits per heavy atom. The lowest BCUT2D eigenvalue weighted by atomic mass is 10.1. The van der Waals surface area contributed by atoms with E-state index in [1.807, 2.05) is 45.2 Å². The minimum Gasteiger partial charge on any atom is -0.491 e. The van der Waals surface area contributed by atoms with Gasteiger partial charge in [-0.05, 0) is 45.5 Å². The molecule has 114 valence electrons. The lowest BCUT2D eigenvalue weighted by Gasteiger charge is -2.10. The quantitative estimate of drug-likeness (QED) is 0.849. The smallest absolute Gasteiger partial charge is 0.231 e. The lowest BCUT2D eigenvalue weighted by Crippen LogP contribution is -2.24. The second-order valence-corrected chi connectivity index (χ2v) is 5.49. The number of aromatic nitrogens is 2. The summed E-state index contributed by atoms with van der Waals surface area (Å²) in [6.07, 6.45) is 1.55. The fourth-order valence-corrected chi connectivity index (χ4v) is 2.00. The Bertz CT molecular complexity index is 566. The van der Waals surface area contributed by atoms with Crippen LogP contribution < -0.4 is 10.1 Å². The Morgan fingerprint density at radius 1 is 1.29 bits per heavy atom. The summed E-state index contributed by atoms with van der Waals surface area (Å²) in [5.41, 5.74) is 1.10. The van der Waals surface area contributed by atoms with Gasteiger partial charge in [0.05, 0.1) is 12.5 Å². The highest BCUT2D eigenvalue weighted by molar-refractivity contribution is 5.30. The average Bonchev–Trinajstić information content (AvgIpc) is 2.85. The molecule has 5 heteroatoms. The molecule has 2 aromatic rings. The monoisotopic (exact) mass is 289 g/mol. The molecule has 21 heavy (non-hydrogen) atoms. The minimum atomic E-state index is 0.165. The molecule has 1 N–H and O–H groups in total. The number of ether oxygens (including phenoxy) is 1. The van der Waals surface area contributed by atoms with Crippen molar-refractivity contribution in [1.82, 2.24) is 15.5 Å². The molecule has 0 fully saturated rings. The van der Waals surface area contributed by atoms with Crippen LogP contribution in [0.5, 0.6) is 5.75 Å². The van der Waals surface area contributed by atoms with Crippen LogP contribution in [0.2, 0.25) is 0 Å². The molecule has 1 heterocycles. The number of hydrogen-bond acceptors (Lipinski definition) is 5. The summed E-state index contributed by atoms with van der Waals surface area (Å²) >= 11 is 0. The molecular formula is C16H23N3O2. The maximum absolute atomic E-state index is 5.69. The lowest BCUT2D eigenvalue weighted by molar-refractivity contribution is 0.242. The average molecular weight is 289 g/mol. The van der Waals surface area contributed by atoms with Crippen LogP contribution in [0.4, 0.5) is 0 Å². The van der Waals surface area contributed by atoms with E-state index in [9.17, 15) is 0 Å². The van der Waals surface area contributed by atoms with Gasteiger partial charge in [0, 0.05) is 12.5 Å². The minimum absolute atomic E-state index is 0.165. The van der Waals surface area contributed by atoms with Crippen LogP contribution >= 0.6 is 0 Å². The van der Waals surface area contributed by atoms with E-state index in [-0.39, 0.29) is 6.10 Å². The van der Waals surface area contributed by atoms with Gasteiger partial charge in [-0.1, -0.05) is 17.3 Å². The molecule has 0 aliphatic rings. The first-order valence-corrected chi connectivity index (χ1v) is 7.31. The molecule has 0 saturated heterocycles. The molecule has 1 atom stereocenters. The molecule has 0 saturated carbocycles. The fourth-order valence-electron chi connectivity index (χ4n) is 2.00. The second kappa shape index (κ2) is 7.22. The zero-order valence-electron chi connectivity index (χ0n) is 13.1. The Labute approximate surface area is 125 Å². The highest BCUT2D eigenvalue weighted by Gasteiger charge is 2.10. The largest absolute Gasteiger partial charge is 0.491 e. The number of rotatable bonds is 7. The molecule has 5 nitrogen and oxygen atoms in total. The number of hydrogen-bond donors (Lipinski definition) is 1. The number of likely N-dealkylation sites (N-methyl/N-ethyl adjacent to an activating group) is 1. The van der Waals surface area contributed by atoms with Crippen LogP contribution in [0.15, 0.2) is 28.8 Å². The summed E-state index contributed by atoms with van der Waals surface area (Å²) < 4.78 is 11.0. The van der Waals surface area contributed by atoms with Crippen molar-refractivity contribution in [2.24, 2.45) is 0 Å². The van der Waals surface area contributed by atoms with Crippen LogP contribution in [0.25, 0.3) is 0 Å². The van der Waals surface area contributed by atoms with Gasteiger partial charge in [-0.2, -0.15) is 4.98 Å². The predicted octanol–water partition coefficient (Wildman–Crippen LogP) is 2.60. The third kappa shape index (κ3) is 4.86. The molecule has 0 bridgehead atoms. The zero-order valence-corrected chi connectivity index (χ0v) is 13.1. The summed E-state index contributed by atoms with van der Waals surface area (Å²) in [7, 11) is 1.92. The Kier molecular flexibility index (Phi) is 5.33. The molecule has 0 radical (unpaired) electrons. The van der Waals surface area contributed by atoms with E-state index in [1.165, 1.54) is 0 Å². The maximum Gasteiger partial charge on any atom is 0.231 e. The normalized spacial score (nSPS) is 12.6. The maximum atomic E-state index is 5.69. The summed E-state index contributed by atoms with van der Waals surface area (Å²) in [6, 6.07) is 8.32. The molecule has 1 aromatic heterocycles. The zero-order chi connectivity index (χ0) is 15.2. The van der Waals surface area contributed by atoms with Gasteiger partial charge in [-0.25, -0.2) is 0 Å². The number of benzene rings is 1. The van der Waals surface area contributed by atoms with E-state index in [0.717, 1.165) is 23.6 Å². The highest BCUT2D eigenvalue weighted by Crippen LogP contribution is 2.17. The van der Waals surface area contributed by atoms with Gasteiger partial charge in [0.15, 0.2) is 5.82 Å². The van der Waals surface area contributed by atoms with Crippen LogP contribution in [0.3, 0.4) is 0 Å². The van der Waals surface area contributed by atoms with E-state index in [2.05, 4.69) is 22.4 Å². The first-order valence-electron chi connectivity index (χ1n) is 7.31. The van der Waals surface area contributed by atoms with Crippen molar-refractivity contribution >= 4 is 0 Å². The van der Waals surface area contributed by atoms with Crippen molar-refractivity contribution in [1.29, 1.82) is 0 Å². The van der Waals surface area contributed by atoms with Crippen LogP contribution in [0.1, 0.15) is 38.0 Å². The van der Waals surface area contributed by atoms with Crippen molar-refractivity contribution in [3.63, 3.8) is 0 Å². The molecule has 1 aromatic carbocycles. The van der Waals surface area contributed by atoms with Gasteiger partial charge in [0.25, 0.3) is 0 Å². The third-order valence-electron chi connectivity index (χ3n) is 3.12. The molecule has 0 spiro atoms. The van der Waals surface area contributed by atoms with E-state index in [1.54, 1.807) is 0 Å². The molecule has 2 rings (SSSR count). The van der Waals surface area contributed by atoms with Gasteiger partial charge in [-0.3, -0.25) is 0 Å². The van der Waals surface area contributed by atoms with Gasteiger partial charge >= 0.3 is 0 Å². The SMILES string of the molecule is CNC(C)Cc1noc(Cc2cccc(OC(C)C)c2)n1. The van der Waals surface area contributed by atoms with E-state index in [4.69, 9.17) is 9.26 Å². The standard InChI is InChI=1S/C16H23N3O2/c1-11(2)20-14-7-5-6-13(9-14)10-16-18-15(19-21-16)8-12(3)17-4/h5-7,9,11-12,17H,8,10H2,1-4H3. The van der Waals surface area contributed by atoms with E-state index < -0.39 is 0 Å². The summed E-state index contributed by atoms with van der Waals surface area (Å²) in [5, 5.41) is 7.17. The predicted molar refractivity (Wildman–Crippen MR) is 81.5 cm³/mol. The first-order chi connectivity index (χ1) is 10.1. The van der Waals surface area contributed by atoms with Gasteiger partial charge in [0.2, 0.25) is 5.89 Å².